The molecule has 5 nitrogen and oxygen atoms in total. The van der Waals surface area contributed by atoms with Crippen molar-refractivity contribution in [3.8, 4) is 0 Å². The fourth-order valence-electron chi connectivity index (χ4n) is 2.92. The zero-order valence-corrected chi connectivity index (χ0v) is 11.6. The highest BCUT2D eigenvalue weighted by Gasteiger charge is 2.34. The predicted molar refractivity (Wildman–Crippen MR) is 80.3 cm³/mol. The Morgan fingerprint density at radius 1 is 1.30 bits per heavy atom. The number of hydrogen-bond donors (Lipinski definition) is 3. The van der Waals surface area contributed by atoms with Gasteiger partial charge in [0.2, 0.25) is 0 Å². The average molecular weight is 274 g/mol. The number of amides is 1. The van der Waals surface area contributed by atoms with Crippen LogP contribution in [0.3, 0.4) is 0 Å². The molecule has 0 aromatic heterocycles. The van der Waals surface area contributed by atoms with E-state index in [1.54, 1.807) is 18.2 Å². The SMILES string of the molecule is Nc1ccc(C(=O)NCC2CCN(C3CC3)C2)c(N)c1. The van der Waals surface area contributed by atoms with E-state index in [2.05, 4.69) is 10.2 Å². The zero-order valence-electron chi connectivity index (χ0n) is 11.6. The quantitative estimate of drug-likeness (QED) is 0.717. The first-order chi connectivity index (χ1) is 9.63. The molecule has 1 unspecified atom stereocenters. The summed E-state index contributed by atoms with van der Waals surface area (Å²) in [5.41, 5.74) is 13.0. The van der Waals surface area contributed by atoms with Gasteiger partial charge in [-0.3, -0.25) is 4.79 Å². The van der Waals surface area contributed by atoms with Crippen LogP contribution in [0.5, 0.6) is 0 Å². The van der Waals surface area contributed by atoms with Crippen LogP contribution in [-0.4, -0.2) is 36.5 Å². The maximum absolute atomic E-state index is 12.1. The van der Waals surface area contributed by atoms with Crippen molar-refractivity contribution in [2.45, 2.75) is 25.3 Å². The molecule has 1 amide bonds. The summed E-state index contributed by atoms with van der Waals surface area (Å²) in [6.07, 6.45) is 3.87. The van der Waals surface area contributed by atoms with Gasteiger partial charge in [-0.05, 0) is 49.9 Å². The van der Waals surface area contributed by atoms with E-state index in [1.165, 1.54) is 25.8 Å². The van der Waals surface area contributed by atoms with Gasteiger partial charge in [0.25, 0.3) is 5.91 Å². The van der Waals surface area contributed by atoms with Gasteiger partial charge in [-0.25, -0.2) is 0 Å². The minimum atomic E-state index is -0.104. The van der Waals surface area contributed by atoms with Crippen molar-refractivity contribution in [2.75, 3.05) is 31.1 Å². The normalized spacial score (nSPS) is 22.9. The number of carbonyl (C=O) groups is 1. The molecule has 2 aliphatic rings. The summed E-state index contributed by atoms with van der Waals surface area (Å²) < 4.78 is 0. The minimum Gasteiger partial charge on any atom is -0.399 e. The van der Waals surface area contributed by atoms with Crippen molar-refractivity contribution in [1.82, 2.24) is 10.2 Å². The summed E-state index contributed by atoms with van der Waals surface area (Å²) in [4.78, 5) is 14.7. The van der Waals surface area contributed by atoms with Gasteiger partial charge in [0.15, 0.2) is 0 Å². The first kappa shape index (κ1) is 13.2. The lowest BCUT2D eigenvalue weighted by molar-refractivity contribution is 0.0948. The molecule has 3 rings (SSSR count). The maximum atomic E-state index is 12.1. The van der Waals surface area contributed by atoms with E-state index in [0.717, 1.165) is 19.1 Å². The molecule has 108 valence electrons. The Balaban J connectivity index is 1.51. The largest absolute Gasteiger partial charge is 0.399 e. The Hall–Kier alpha value is -1.75. The molecular weight excluding hydrogens is 252 g/mol. The van der Waals surface area contributed by atoms with E-state index in [0.29, 0.717) is 22.9 Å². The molecule has 5 N–H and O–H groups in total. The summed E-state index contributed by atoms with van der Waals surface area (Å²) in [5.74, 6) is 0.460. The number of nitrogens with zero attached hydrogens (tertiary/aromatic N) is 1. The highest BCUT2D eigenvalue weighted by molar-refractivity contribution is 5.99. The first-order valence-corrected chi connectivity index (χ1v) is 7.30. The highest BCUT2D eigenvalue weighted by Crippen LogP contribution is 2.31. The number of anilines is 2. The highest BCUT2D eigenvalue weighted by atomic mass is 16.1. The van der Waals surface area contributed by atoms with Crippen molar-refractivity contribution >= 4 is 17.3 Å². The van der Waals surface area contributed by atoms with Gasteiger partial charge in [-0.1, -0.05) is 0 Å². The molecule has 1 aromatic carbocycles. The molecule has 1 aromatic rings. The van der Waals surface area contributed by atoms with E-state index in [-0.39, 0.29) is 5.91 Å². The third-order valence-electron chi connectivity index (χ3n) is 4.25. The summed E-state index contributed by atoms with van der Waals surface area (Å²) in [6, 6.07) is 5.84. The fourth-order valence-corrected chi connectivity index (χ4v) is 2.92. The van der Waals surface area contributed by atoms with Crippen LogP contribution >= 0.6 is 0 Å². The number of hydrogen-bond acceptors (Lipinski definition) is 4. The molecule has 2 fully saturated rings. The van der Waals surface area contributed by atoms with E-state index < -0.39 is 0 Å². The molecule has 1 saturated carbocycles. The molecule has 1 atom stereocenters. The monoisotopic (exact) mass is 274 g/mol. The van der Waals surface area contributed by atoms with Crippen LogP contribution in [0.1, 0.15) is 29.6 Å². The topological polar surface area (TPSA) is 84.4 Å². The van der Waals surface area contributed by atoms with E-state index in [9.17, 15) is 4.79 Å². The van der Waals surface area contributed by atoms with E-state index in [4.69, 9.17) is 11.5 Å². The Morgan fingerprint density at radius 3 is 2.80 bits per heavy atom. The zero-order chi connectivity index (χ0) is 14.1. The Morgan fingerprint density at radius 2 is 2.10 bits per heavy atom. The van der Waals surface area contributed by atoms with Gasteiger partial charge in [-0.2, -0.15) is 0 Å². The van der Waals surface area contributed by atoms with Crippen LogP contribution in [0.15, 0.2) is 18.2 Å². The van der Waals surface area contributed by atoms with Crippen LogP contribution in [0.2, 0.25) is 0 Å². The molecule has 1 aliphatic heterocycles. The van der Waals surface area contributed by atoms with Gasteiger partial charge in [-0.15, -0.1) is 0 Å². The smallest absolute Gasteiger partial charge is 0.253 e. The van der Waals surface area contributed by atoms with Gasteiger partial charge < -0.3 is 21.7 Å². The second-order valence-corrected chi connectivity index (χ2v) is 5.94. The lowest BCUT2D eigenvalue weighted by Gasteiger charge is -2.15. The number of rotatable bonds is 4. The van der Waals surface area contributed by atoms with Gasteiger partial charge >= 0.3 is 0 Å². The van der Waals surface area contributed by atoms with Crippen LogP contribution in [0.25, 0.3) is 0 Å². The lowest BCUT2D eigenvalue weighted by atomic mass is 10.1. The standard InChI is InChI=1S/C15H22N4O/c16-11-1-4-13(14(17)7-11)15(20)18-8-10-5-6-19(9-10)12-2-3-12/h1,4,7,10,12H,2-3,5-6,8-9,16-17H2,(H,18,20). The van der Waals surface area contributed by atoms with Crippen LogP contribution in [0, 0.1) is 5.92 Å². The van der Waals surface area contributed by atoms with E-state index >= 15 is 0 Å². The number of likely N-dealkylation sites (tertiary alicyclic amines) is 1. The lowest BCUT2D eigenvalue weighted by Crippen LogP contribution is -2.31. The Bertz CT molecular complexity index is 513. The molecule has 5 heteroatoms. The number of carbonyl (C=O) groups excluding carboxylic acids is 1. The Kier molecular flexibility index (Phi) is 3.53. The average Bonchev–Trinajstić information content (AvgIpc) is 3.15. The molecule has 0 bridgehead atoms. The fraction of sp³-hybridized carbons (Fsp3) is 0.533. The Labute approximate surface area is 119 Å². The first-order valence-electron chi connectivity index (χ1n) is 7.30. The van der Waals surface area contributed by atoms with E-state index in [1.807, 2.05) is 0 Å². The number of nitrogens with two attached hydrogens (primary N) is 2. The van der Waals surface area contributed by atoms with Gasteiger partial charge in [0.1, 0.15) is 0 Å². The minimum absolute atomic E-state index is 0.104. The molecule has 1 heterocycles. The van der Waals surface area contributed by atoms with Crippen molar-refractivity contribution < 1.29 is 4.79 Å². The molecule has 1 saturated heterocycles. The van der Waals surface area contributed by atoms with Crippen LogP contribution in [-0.2, 0) is 0 Å². The third kappa shape index (κ3) is 2.88. The summed E-state index contributed by atoms with van der Waals surface area (Å²) in [5, 5.41) is 2.99. The number of benzene rings is 1. The van der Waals surface area contributed by atoms with Gasteiger partial charge in [0.05, 0.1) is 5.56 Å². The predicted octanol–water partition coefficient (Wildman–Crippen LogP) is 1.07. The van der Waals surface area contributed by atoms with Crippen LogP contribution < -0.4 is 16.8 Å². The third-order valence-corrected chi connectivity index (χ3v) is 4.25. The van der Waals surface area contributed by atoms with Crippen molar-refractivity contribution in [3.05, 3.63) is 23.8 Å². The molecule has 1 aliphatic carbocycles. The summed E-state index contributed by atoms with van der Waals surface area (Å²) in [6.45, 7) is 3.02. The molecule has 20 heavy (non-hydrogen) atoms. The van der Waals surface area contributed by atoms with Crippen molar-refractivity contribution in [1.29, 1.82) is 0 Å². The molecular formula is C15H22N4O. The van der Waals surface area contributed by atoms with Crippen LogP contribution in [0.4, 0.5) is 11.4 Å². The summed E-state index contributed by atoms with van der Waals surface area (Å²) >= 11 is 0. The second kappa shape index (κ2) is 5.32. The second-order valence-electron chi connectivity index (χ2n) is 5.94. The number of nitrogens with one attached hydrogen (secondary N) is 1. The van der Waals surface area contributed by atoms with Crippen molar-refractivity contribution in [2.24, 2.45) is 5.92 Å². The number of nitrogen functional groups attached to an aromatic ring is 2. The van der Waals surface area contributed by atoms with Gasteiger partial charge in [0, 0.05) is 30.5 Å². The molecule has 0 radical (unpaired) electrons. The maximum Gasteiger partial charge on any atom is 0.253 e. The summed E-state index contributed by atoms with van der Waals surface area (Å²) in [7, 11) is 0. The molecule has 0 spiro atoms. The van der Waals surface area contributed by atoms with Crippen molar-refractivity contribution in [3.63, 3.8) is 0 Å².